The van der Waals surface area contributed by atoms with Crippen molar-refractivity contribution in [2.45, 2.75) is 51.1 Å². The molecule has 0 spiro atoms. The Labute approximate surface area is 295 Å². The van der Waals surface area contributed by atoms with Gasteiger partial charge in [-0.15, -0.1) is 0 Å². The number of nitrogens with zero attached hydrogens (tertiary/aromatic N) is 5. The second-order valence-corrected chi connectivity index (χ2v) is 13.2. The lowest BCUT2D eigenvalue weighted by atomic mass is 9.96. The number of carbonyl (C=O) groups excluding carboxylic acids is 1. The highest BCUT2D eigenvalue weighted by molar-refractivity contribution is 6.36. The Hall–Kier alpha value is -5.21. The molecule has 3 N–H and O–H groups in total. The fourth-order valence-corrected chi connectivity index (χ4v) is 7.33. The van der Waals surface area contributed by atoms with Gasteiger partial charge in [-0.3, -0.25) is 18.7 Å². The lowest BCUT2D eigenvalue weighted by molar-refractivity contribution is -0.119. The van der Waals surface area contributed by atoms with Gasteiger partial charge in [-0.2, -0.15) is 0 Å². The van der Waals surface area contributed by atoms with E-state index in [1.807, 2.05) is 37.3 Å². The van der Waals surface area contributed by atoms with Gasteiger partial charge in [0.15, 0.2) is 11.5 Å². The number of ether oxygens (including phenoxy) is 1. The van der Waals surface area contributed by atoms with Gasteiger partial charge < -0.3 is 20.7 Å². The van der Waals surface area contributed by atoms with E-state index in [4.69, 9.17) is 21.3 Å². The number of benzene rings is 2. The van der Waals surface area contributed by atoms with Gasteiger partial charge in [-0.25, -0.2) is 28.5 Å². The Bertz CT molecular complexity index is 2340. The molecule has 7 rings (SSSR count). The summed E-state index contributed by atoms with van der Waals surface area (Å²) in [5.41, 5.74) is 4.48. The first kappa shape index (κ1) is 34.2. The molecule has 2 atom stereocenters. The van der Waals surface area contributed by atoms with Crippen LogP contribution in [0.5, 0.6) is 5.88 Å². The second-order valence-electron chi connectivity index (χ2n) is 12.8. The molecule has 1 fully saturated rings. The number of alkyl halides is 2. The summed E-state index contributed by atoms with van der Waals surface area (Å²) in [6.07, 6.45) is 0.00727. The number of rotatable bonds is 9. The number of pyridine rings is 1. The van der Waals surface area contributed by atoms with Gasteiger partial charge in [0, 0.05) is 61.5 Å². The predicted octanol–water partition coefficient (Wildman–Crippen LogP) is 5.26. The number of hydrogen-bond acceptors (Lipinski definition) is 9. The van der Waals surface area contributed by atoms with Crippen LogP contribution in [0.15, 0.2) is 52.1 Å². The number of carbonyl (C=O) groups is 1. The number of aromatic nitrogens is 5. The van der Waals surface area contributed by atoms with E-state index in [0.29, 0.717) is 51.9 Å². The van der Waals surface area contributed by atoms with Crippen LogP contribution < -0.4 is 31.9 Å². The molecule has 1 amide bonds. The predicted molar refractivity (Wildman–Crippen MR) is 190 cm³/mol. The van der Waals surface area contributed by atoms with Crippen LogP contribution in [-0.2, 0) is 25.3 Å². The number of anilines is 2. The number of hydrogen-bond donors (Lipinski definition) is 3. The molecule has 1 saturated heterocycles. The molecule has 0 unspecified atom stereocenters. The molecule has 51 heavy (non-hydrogen) atoms. The zero-order valence-electron chi connectivity index (χ0n) is 28.3. The van der Waals surface area contributed by atoms with Gasteiger partial charge in [0.2, 0.25) is 11.8 Å². The van der Waals surface area contributed by atoms with Gasteiger partial charge in [-0.1, -0.05) is 41.9 Å². The summed E-state index contributed by atoms with van der Waals surface area (Å²) in [6, 6.07) is 13.2. The smallest absolute Gasteiger partial charge is 0.332 e. The quantitative estimate of drug-likeness (QED) is 0.186. The van der Waals surface area contributed by atoms with Gasteiger partial charge in [-0.05, 0) is 55.0 Å². The van der Waals surface area contributed by atoms with E-state index in [9.17, 15) is 23.2 Å². The maximum absolute atomic E-state index is 13.9. The van der Waals surface area contributed by atoms with Crippen LogP contribution in [0, 0.1) is 6.92 Å². The highest BCUT2D eigenvalue weighted by Crippen LogP contribution is 2.43. The second kappa shape index (κ2) is 13.5. The zero-order chi connectivity index (χ0) is 36.1. The van der Waals surface area contributed by atoms with Crippen molar-refractivity contribution in [3.63, 3.8) is 0 Å². The van der Waals surface area contributed by atoms with Crippen molar-refractivity contribution in [3.05, 3.63) is 90.8 Å². The molecule has 1 aliphatic heterocycles. The average Bonchev–Trinajstić information content (AvgIpc) is 3.74. The average molecular weight is 717 g/mol. The van der Waals surface area contributed by atoms with Gasteiger partial charge >= 0.3 is 5.69 Å². The third-order valence-electron chi connectivity index (χ3n) is 9.71. The van der Waals surface area contributed by atoms with Gasteiger partial charge in [0.05, 0.1) is 17.8 Å². The van der Waals surface area contributed by atoms with Crippen LogP contribution in [0.1, 0.15) is 54.2 Å². The van der Waals surface area contributed by atoms with Crippen LogP contribution in [0.2, 0.25) is 5.02 Å². The van der Waals surface area contributed by atoms with Crippen LogP contribution in [0.4, 0.5) is 20.3 Å². The van der Waals surface area contributed by atoms with Crippen molar-refractivity contribution in [2.75, 3.05) is 19.0 Å². The third-order valence-corrected chi connectivity index (χ3v) is 10.1. The lowest BCUT2D eigenvalue weighted by Gasteiger charge is -2.20. The number of nitrogens with one attached hydrogen (secondary N) is 3. The first-order valence-corrected chi connectivity index (χ1v) is 16.9. The number of methoxy groups -OCH3 is 1. The summed E-state index contributed by atoms with van der Waals surface area (Å²) in [5.74, 6) is -0.374. The van der Waals surface area contributed by atoms with Crippen molar-refractivity contribution >= 4 is 40.0 Å². The number of fused-ring (bicyclic) bond motifs is 2. The summed E-state index contributed by atoms with van der Waals surface area (Å²) in [5, 5.41) is 10.0. The third kappa shape index (κ3) is 6.12. The molecule has 0 radical (unpaired) electrons. The summed E-state index contributed by atoms with van der Waals surface area (Å²) in [6.45, 7) is 2.51. The minimum absolute atomic E-state index is 0.0440. The largest absolute Gasteiger partial charge is 0.481 e. The van der Waals surface area contributed by atoms with Crippen molar-refractivity contribution < 1.29 is 18.3 Å². The number of halogens is 3. The molecular formula is C36H35ClF2N8O4. The van der Waals surface area contributed by atoms with Crippen molar-refractivity contribution in [1.29, 1.82) is 0 Å². The van der Waals surface area contributed by atoms with E-state index >= 15 is 0 Å². The van der Waals surface area contributed by atoms with Crippen LogP contribution in [-0.4, -0.2) is 49.7 Å². The maximum atomic E-state index is 13.9. The summed E-state index contributed by atoms with van der Waals surface area (Å²) < 4.78 is 35.5. The van der Waals surface area contributed by atoms with Crippen LogP contribution >= 0.6 is 11.6 Å². The fraction of sp³-hybridized carbons (Fsp3) is 0.333. The van der Waals surface area contributed by atoms with E-state index in [1.54, 1.807) is 19.2 Å². The van der Waals surface area contributed by atoms with Crippen LogP contribution in [0.3, 0.4) is 0 Å². The van der Waals surface area contributed by atoms with Gasteiger partial charge in [0.1, 0.15) is 11.2 Å². The fourth-order valence-electron chi connectivity index (χ4n) is 7.01. The molecule has 1 aliphatic carbocycles. The van der Waals surface area contributed by atoms with Crippen molar-refractivity contribution in [1.82, 2.24) is 34.7 Å². The zero-order valence-corrected chi connectivity index (χ0v) is 29.1. The molecule has 0 saturated carbocycles. The standard InChI is InChI=1S/C36H35ClF2N8O4/c1-17-20(7-6-10-23(17)42-31-28-33(45-32(44-31)30(38)39)46(2)36(50)47(3)35(28)49)21-8-5-9-22(29(21)37)25-15-18-11-13-24(27(18)34(43-25)51-4)40-16-19-12-14-26(48)41-19/h5-10,15,19,24,30,40H,11-14,16H2,1-4H3,(H,41,48)(H,42,44,45)/t19-,24+/m1/s1. The Balaban J connectivity index is 1.24. The van der Waals surface area contributed by atoms with Gasteiger partial charge in [0.25, 0.3) is 12.0 Å². The summed E-state index contributed by atoms with van der Waals surface area (Å²) >= 11 is 7.15. The number of aryl methyl sites for hydroxylation is 2. The highest BCUT2D eigenvalue weighted by Gasteiger charge is 2.30. The molecule has 2 aromatic carbocycles. The molecule has 3 aromatic heterocycles. The van der Waals surface area contributed by atoms with E-state index in [-0.39, 0.29) is 34.8 Å². The van der Waals surface area contributed by atoms with E-state index in [2.05, 4.69) is 25.9 Å². The number of amides is 1. The van der Waals surface area contributed by atoms with E-state index < -0.39 is 23.5 Å². The molecule has 12 nitrogen and oxygen atoms in total. The molecule has 2 aliphatic rings. The van der Waals surface area contributed by atoms with E-state index in [0.717, 1.165) is 45.1 Å². The Kier molecular flexibility index (Phi) is 9.06. The Morgan fingerprint density at radius 1 is 1.00 bits per heavy atom. The minimum atomic E-state index is -3.04. The maximum Gasteiger partial charge on any atom is 0.332 e. The molecular weight excluding hydrogens is 682 g/mol. The Morgan fingerprint density at radius 2 is 1.75 bits per heavy atom. The topological polar surface area (TPSA) is 145 Å². The molecule has 4 heterocycles. The van der Waals surface area contributed by atoms with E-state index in [1.165, 1.54) is 14.1 Å². The summed E-state index contributed by atoms with van der Waals surface area (Å²) in [4.78, 5) is 50.2. The highest BCUT2D eigenvalue weighted by atomic mass is 35.5. The van der Waals surface area contributed by atoms with Crippen molar-refractivity contribution in [3.8, 4) is 28.3 Å². The summed E-state index contributed by atoms with van der Waals surface area (Å²) in [7, 11) is 4.26. The van der Waals surface area contributed by atoms with Crippen molar-refractivity contribution in [2.24, 2.45) is 14.1 Å². The molecule has 5 aromatic rings. The first-order chi connectivity index (χ1) is 24.5. The normalized spacial score (nSPS) is 16.9. The van der Waals surface area contributed by atoms with Crippen LogP contribution in [0.25, 0.3) is 33.4 Å². The first-order valence-electron chi connectivity index (χ1n) is 16.5. The minimum Gasteiger partial charge on any atom is -0.481 e. The molecule has 15 heteroatoms. The molecule has 264 valence electrons. The lowest BCUT2D eigenvalue weighted by Crippen LogP contribution is -2.38. The monoisotopic (exact) mass is 716 g/mol. The SMILES string of the molecule is COc1nc(-c2cccc(-c3cccc(Nc4nc(C(F)F)nc5c4c(=O)n(C)c(=O)n5C)c3C)c2Cl)cc2c1[C@@H](NC[C@H]1CCC(=O)N1)CC2. The Morgan fingerprint density at radius 3 is 2.47 bits per heavy atom. The molecule has 0 bridgehead atoms.